The Bertz CT molecular complexity index is 508. The molecule has 124 valence electrons. The molecule has 1 saturated heterocycles. The summed E-state index contributed by atoms with van der Waals surface area (Å²) in [6.07, 6.45) is 1.26. The fraction of sp³-hybridized carbons (Fsp3) is 0.533. The summed E-state index contributed by atoms with van der Waals surface area (Å²) in [5.41, 5.74) is -0.0992. The van der Waals surface area contributed by atoms with Crippen molar-refractivity contribution in [1.29, 1.82) is 0 Å². The molecular formula is C15H22ClFN2O3. The predicted octanol–water partition coefficient (Wildman–Crippen LogP) is 1.64. The zero-order valence-corrected chi connectivity index (χ0v) is 13.6. The molecule has 0 atom stereocenters. The molecule has 1 fully saturated rings. The van der Waals surface area contributed by atoms with E-state index in [9.17, 15) is 9.18 Å². The first-order chi connectivity index (χ1) is 10.1. The molecule has 22 heavy (non-hydrogen) atoms. The number of ether oxygens (including phenoxy) is 2. The van der Waals surface area contributed by atoms with Gasteiger partial charge in [-0.15, -0.1) is 12.4 Å². The molecule has 1 aromatic rings. The summed E-state index contributed by atoms with van der Waals surface area (Å²) in [5, 5.41) is 6.03. The van der Waals surface area contributed by atoms with E-state index in [0.717, 1.165) is 13.1 Å². The molecule has 0 aromatic heterocycles. The average molecular weight is 333 g/mol. The quantitative estimate of drug-likeness (QED) is 0.860. The van der Waals surface area contributed by atoms with E-state index in [1.165, 1.54) is 13.2 Å². The van der Waals surface area contributed by atoms with Crippen molar-refractivity contribution in [3.63, 3.8) is 0 Å². The van der Waals surface area contributed by atoms with Gasteiger partial charge in [-0.3, -0.25) is 4.79 Å². The van der Waals surface area contributed by atoms with Crippen LogP contribution in [0.5, 0.6) is 5.75 Å². The van der Waals surface area contributed by atoms with Gasteiger partial charge in [0.1, 0.15) is 5.60 Å². The van der Waals surface area contributed by atoms with E-state index in [4.69, 9.17) is 9.47 Å². The monoisotopic (exact) mass is 332 g/mol. The van der Waals surface area contributed by atoms with Crippen molar-refractivity contribution >= 4 is 18.3 Å². The number of piperidine rings is 1. The van der Waals surface area contributed by atoms with E-state index in [-0.39, 0.29) is 30.6 Å². The molecule has 1 heterocycles. The van der Waals surface area contributed by atoms with Crippen LogP contribution in [-0.4, -0.2) is 38.8 Å². The van der Waals surface area contributed by atoms with Crippen LogP contribution in [0.4, 0.5) is 4.39 Å². The first-order valence-electron chi connectivity index (χ1n) is 6.98. The summed E-state index contributed by atoms with van der Waals surface area (Å²) in [5.74, 6) is -0.396. The van der Waals surface area contributed by atoms with Crippen LogP contribution < -0.4 is 15.4 Å². The maximum atomic E-state index is 13.6. The van der Waals surface area contributed by atoms with E-state index in [2.05, 4.69) is 10.6 Å². The highest BCUT2D eigenvalue weighted by Crippen LogP contribution is 2.23. The van der Waals surface area contributed by atoms with Crippen LogP contribution in [0.2, 0.25) is 0 Å². The van der Waals surface area contributed by atoms with Crippen molar-refractivity contribution in [3.8, 4) is 5.75 Å². The van der Waals surface area contributed by atoms with Crippen molar-refractivity contribution in [2.24, 2.45) is 0 Å². The number of carbonyl (C=O) groups is 1. The van der Waals surface area contributed by atoms with Crippen molar-refractivity contribution in [3.05, 3.63) is 29.6 Å². The third kappa shape index (κ3) is 4.09. The Kier molecular flexibility index (Phi) is 7.06. The van der Waals surface area contributed by atoms with Crippen LogP contribution in [-0.2, 0) is 16.1 Å². The first-order valence-corrected chi connectivity index (χ1v) is 6.98. The lowest BCUT2D eigenvalue weighted by Crippen LogP contribution is -2.53. The van der Waals surface area contributed by atoms with Gasteiger partial charge in [-0.25, -0.2) is 4.39 Å². The molecule has 5 nitrogen and oxygen atoms in total. The Morgan fingerprint density at radius 3 is 2.59 bits per heavy atom. The van der Waals surface area contributed by atoms with E-state index in [1.807, 2.05) is 0 Å². The minimum Gasteiger partial charge on any atom is -0.494 e. The number of benzene rings is 1. The molecule has 2 rings (SSSR count). The number of methoxy groups -OCH3 is 2. The van der Waals surface area contributed by atoms with Crippen molar-refractivity contribution in [1.82, 2.24) is 10.6 Å². The van der Waals surface area contributed by atoms with Crippen LogP contribution >= 0.6 is 12.4 Å². The summed E-state index contributed by atoms with van der Waals surface area (Å²) in [4.78, 5) is 12.4. The van der Waals surface area contributed by atoms with Gasteiger partial charge in [-0.05, 0) is 43.6 Å². The number of nitrogens with one attached hydrogen (secondary N) is 2. The predicted molar refractivity (Wildman–Crippen MR) is 83.9 cm³/mol. The van der Waals surface area contributed by atoms with Gasteiger partial charge < -0.3 is 20.1 Å². The lowest BCUT2D eigenvalue weighted by atomic mass is 9.91. The van der Waals surface area contributed by atoms with Crippen molar-refractivity contribution in [2.75, 3.05) is 27.3 Å². The number of carbonyl (C=O) groups excluding carboxylic acids is 1. The summed E-state index contributed by atoms with van der Waals surface area (Å²) >= 11 is 0. The Hall–Kier alpha value is -1.37. The number of hydrogen-bond donors (Lipinski definition) is 2. The highest BCUT2D eigenvalue weighted by atomic mass is 35.5. The normalized spacial score (nSPS) is 16.5. The SMILES string of the molecule is COc1ccc(CNC(=O)C2(OC)CCNCC2)cc1F.Cl. The van der Waals surface area contributed by atoms with Crippen molar-refractivity contribution < 1.29 is 18.7 Å². The number of hydrogen-bond acceptors (Lipinski definition) is 4. The van der Waals surface area contributed by atoms with Crippen LogP contribution in [0.15, 0.2) is 18.2 Å². The molecule has 1 aromatic carbocycles. The number of rotatable bonds is 5. The maximum absolute atomic E-state index is 13.6. The Morgan fingerprint density at radius 1 is 1.36 bits per heavy atom. The molecule has 7 heteroatoms. The second kappa shape index (κ2) is 8.31. The molecule has 0 bridgehead atoms. The summed E-state index contributed by atoms with van der Waals surface area (Å²) < 4.78 is 23.9. The molecule has 0 saturated carbocycles. The zero-order valence-electron chi connectivity index (χ0n) is 12.8. The molecule has 0 unspecified atom stereocenters. The average Bonchev–Trinajstić information content (AvgIpc) is 2.53. The van der Waals surface area contributed by atoms with Gasteiger partial charge in [0.15, 0.2) is 11.6 Å². The van der Waals surface area contributed by atoms with Gasteiger partial charge in [0, 0.05) is 13.7 Å². The van der Waals surface area contributed by atoms with Gasteiger partial charge in [0.05, 0.1) is 7.11 Å². The van der Waals surface area contributed by atoms with Crippen LogP contribution in [0.1, 0.15) is 18.4 Å². The fourth-order valence-corrected chi connectivity index (χ4v) is 2.52. The summed E-state index contributed by atoms with van der Waals surface area (Å²) in [6.45, 7) is 1.76. The molecule has 2 N–H and O–H groups in total. The second-order valence-electron chi connectivity index (χ2n) is 5.10. The third-order valence-corrected chi connectivity index (χ3v) is 3.89. The third-order valence-electron chi connectivity index (χ3n) is 3.89. The van der Waals surface area contributed by atoms with Gasteiger partial charge in [0.2, 0.25) is 0 Å². The van der Waals surface area contributed by atoms with E-state index in [1.54, 1.807) is 19.2 Å². The van der Waals surface area contributed by atoms with E-state index >= 15 is 0 Å². The summed E-state index contributed by atoms with van der Waals surface area (Å²) in [6, 6.07) is 4.64. The van der Waals surface area contributed by atoms with Crippen LogP contribution in [0.3, 0.4) is 0 Å². The standard InChI is InChI=1S/C15H21FN2O3.ClH/c1-20-13-4-3-11(9-12(13)16)10-18-14(19)15(21-2)5-7-17-8-6-15;/h3-4,9,17H,5-8,10H2,1-2H3,(H,18,19);1H. The lowest BCUT2D eigenvalue weighted by molar-refractivity contribution is -0.146. The first kappa shape index (κ1) is 18.7. The zero-order chi connectivity index (χ0) is 15.3. The Morgan fingerprint density at radius 2 is 2.05 bits per heavy atom. The fourth-order valence-electron chi connectivity index (χ4n) is 2.52. The highest BCUT2D eigenvalue weighted by molar-refractivity contribution is 5.85. The molecule has 1 aliphatic rings. The molecule has 1 amide bonds. The maximum Gasteiger partial charge on any atom is 0.252 e. The Labute approximate surface area is 136 Å². The van der Waals surface area contributed by atoms with E-state index in [0.29, 0.717) is 18.4 Å². The van der Waals surface area contributed by atoms with Gasteiger partial charge in [-0.2, -0.15) is 0 Å². The summed E-state index contributed by atoms with van der Waals surface area (Å²) in [7, 11) is 2.97. The van der Waals surface area contributed by atoms with Crippen LogP contribution in [0, 0.1) is 5.82 Å². The molecule has 0 spiro atoms. The lowest BCUT2D eigenvalue weighted by Gasteiger charge is -2.34. The number of halogens is 2. The molecular weight excluding hydrogens is 311 g/mol. The van der Waals surface area contributed by atoms with Gasteiger partial charge in [0.25, 0.3) is 5.91 Å². The van der Waals surface area contributed by atoms with Gasteiger partial charge in [-0.1, -0.05) is 6.07 Å². The highest BCUT2D eigenvalue weighted by Gasteiger charge is 2.39. The van der Waals surface area contributed by atoms with Gasteiger partial charge >= 0.3 is 0 Å². The topological polar surface area (TPSA) is 59.6 Å². The Balaban J connectivity index is 0.00000242. The smallest absolute Gasteiger partial charge is 0.252 e. The molecule has 1 aliphatic heterocycles. The van der Waals surface area contributed by atoms with Crippen LogP contribution in [0.25, 0.3) is 0 Å². The van der Waals surface area contributed by atoms with Crippen molar-refractivity contribution in [2.45, 2.75) is 25.0 Å². The molecule has 0 aliphatic carbocycles. The largest absolute Gasteiger partial charge is 0.494 e. The molecule has 0 radical (unpaired) electrons. The minimum absolute atomic E-state index is 0. The second-order valence-corrected chi connectivity index (χ2v) is 5.10. The minimum atomic E-state index is -0.781. The number of amides is 1. The van der Waals surface area contributed by atoms with E-state index < -0.39 is 11.4 Å².